The summed E-state index contributed by atoms with van der Waals surface area (Å²) in [5, 5.41) is 0. The lowest BCUT2D eigenvalue weighted by atomic mass is 9.87. The summed E-state index contributed by atoms with van der Waals surface area (Å²) in [7, 11) is 3.09. The van der Waals surface area contributed by atoms with Crippen LogP contribution in [0, 0.1) is 0 Å². The van der Waals surface area contributed by atoms with E-state index in [0.29, 0.717) is 32.1 Å². The zero-order chi connectivity index (χ0) is 27.6. The molecule has 4 rings (SSSR count). The molecule has 0 radical (unpaired) electrons. The molecule has 38 heavy (non-hydrogen) atoms. The van der Waals surface area contributed by atoms with Gasteiger partial charge < -0.3 is 14.2 Å². The number of carbonyl (C=O) groups excluding carboxylic acids is 1. The number of nitrogens with zero attached hydrogens (tertiary/aromatic N) is 2. The van der Waals surface area contributed by atoms with Crippen LogP contribution >= 0.6 is 11.3 Å². The summed E-state index contributed by atoms with van der Waals surface area (Å²) >= 11 is 1.29. The van der Waals surface area contributed by atoms with Gasteiger partial charge in [-0.1, -0.05) is 75.1 Å². The van der Waals surface area contributed by atoms with E-state index in [4.69, 9.17) is 14.2 Å². The number of carbonyl (C=O) groups is 1. The van der Waals surface area contributed by atoms with E-state index in [9.17, 15) is 9.59 Å². The minimum absolute atomic E-state index is 0.0332. The molecule has 0 amide bonds. The molecule has 1 aliphatic rings. The molecule has 0 spiro atoms. The van der Waals surface area contributed by atoms with E-state index in [-0.39, 0.29) is 23.2 Å². The van der Waals surface area contributed by atoms with E-state index >= 15 is 0 Å². The van der Waals surface area contributed by atoms with Crippen LogP contribution in [-0.2, 0) is 14.9 Å². The fraction of sp³-hybridized carbons (Fsp3) is 0.300. The number of hydrogen-bond acceptors (Lipinski definition) is 7. The van der Waals surface area contributed by atoms with E-state index in [1.165, 1.54) is 23.0 Å². The smallest absolute Gasteiger partial charge is 0.338 e. The van der Waals surface area contributed by atoms with Gasteiger partial charge in [0.25, 0.3) is 5.56 Å². The van der Waals surface area contributed by atoms with Crippen molar-refractivity contribution in [2.75, 3.05) is 20.8 Å². The van der Waals surface area contributed by atoms with Gasteiger partial charge in [-0.05, 0) is 47.2 Å². The van der Waals surface area contributed by atoms with E-state index in [1.807, 2.05) is 24.3 Å². The molecule has 7 nitrogen and oxygen atoms in total. The number of benzene rings is 2. The van der Waals surface area contributed by atoms with Crippen LogP contribution in [0.15, 0.2) is 76.2 Å². The number of hydrogen-bond donors (Lipinski definition) is 0. The van der Waals surface area contributed by atoms with E-state index < -0.39 is 12.0 Å². The molecule has 1 atom stereocenters. The highest BCUT2D eigenvalue weighted by molar-refractivity contribution is 7.07. The maximum Gasteiger partial charge on any atom is 0.338 e. The van der Waals surface area contributed by atoms with E-state index in [1.54, 1.807) is 37.8 Å². The highest BCUT2D eigenvalue weighted by Crippen LogP contribution is 2.36. The van der Waals surface area contributed by atoms with Crippen LogP contribution in [-0.4, -0.2) is 31.4 Å². The number of esters is 1. The topological polar surface area (TPSA) is 79.1 Å². The fourth-order valence-corrected chi connectivity index (χ4v) is 5.41. The number of ether oxygens (including phenoxy) is 3. The lowest BCUT2D eigenvalue weighted by Crippen LogP contribution is -2.40. The molecule has 0 fully saturated rings. The Balaban J connectivity index is 1.91. The largest absolute Gasteiger partial charge is 0.493 e. The molecular weight excluding hydrogens is 500 g/mol. The number of rotatable bonds is 7. The molecule has 3 aromatic rings. The highest BCUT2D eigenvalue weighted by atomic mass is 32.1. The number of methoxy groups -OCH3 is 2. The van der Waals surface area contributed by atoms with Crippen LogP contribution in [0.1, 0.15) is 50.4 Å². The summed E-state index contributed by atoms with van der Waals surface area (Å²) in [5.41, 5.74) is 3.36. The molecule has 1 aliphatic heterocycles. The van der Waals surface area contributed by atoms with Gasteiger partial charge in [0.05, 0.1) is 36.1 Å². The number of allylic oxidation sites excluding steroid dienone is 1. The van der Waals surface area contributed by atoms with Crippen LogP contribution in [0.2, 0.25) is 0 Å². The second kappa shape index (κ2) is 10.8. The average Bonchev–Trinajstić information content (AvgIpc) is 3.19. The third-order valence-corrected chi connectivity index (χ3v) is 7.35. The Morgan fingerprint density at radius 1 is 1.11 bits per heavy atom. The van der Waals surface area contributed by atoms with Crippen LogP contribution in [0.4, 0.5) is 0 Å². The summed E-state index contributed by atoms with van der Waals surface area (Å²) in [4.78, 5) is 32.2. The van der Waals surface area contributed by atoms with Gasteiger partial charge in [-0.3, -0.25) is 9.36 Å². The number of aromatic nitrogens is 1. The Morgan fingerprint density at radius 2 is 1.79 bits per heavy atom. The zero-order valence-corrected chi connectivity index (χ0v) is 23.3. The van der Waals surface area contributed by atoms with Gasteiger partial charge in [0.2, 0.25) is 0 Å². The molecule has 0 unspecified atom stereocenters. The first-order valence-electron chi connectivity index (χ1n) is 12.2. The molecule has 0 saturated heterocycles. The molecule has 1 aromatic heterocycles. The minimum atomic E-state index is -0.756. The quantitative estimate of drug-likeness (QED) is 0.335. The summed E-state index contributed by atoms with van der Waals surface area (Å²) in [6.45, 7) is 11.9. The van der Waals surface area contributed by atoms with Crippen molar-refractivity contribution in [1.82, 2.24) is 4.57 Å². The SMILES string of the molecule is C=CCOC(=O)C1=C(C)N=c2s/c(=C/c3ccc(C(C)(C)C)cc3)c(=O)n2[C@H]1c1ccc(OC)c(OC)c1. The Labute approximate surface area is 226 Å². The van der Waals surface area contributed by atoms with Crippen molar-refractivity contribution in [3.8, 4) is 11.5 Å². The van der Waals surface area contributed by atoms with Gasteiger partial charge in [-0.2, -0.15) is 0 Å². The van der Waals surface area contributed by atoms with E-state index in [0.717, 1.165) is 5.56 Å². The molecule has 2 heterocycles. The summed E-state index contributed by atoms with van der Waals surface area (Å²) in [6.07, 6.45) is 3.36. The Kier molecular flexibility index (Phi) is 7.73. The Hall–Kier alpha value is -3.91. The standard InChI is InChI=1S/C30H32N2O5S/c1-8-15-37-28(34)25-18(2)31-29-32(26(25)20-11-14-22(35-6)23(17-20)36-7)27(33)24(38-29)16-19-9-12-21(13-10-19)30(3,4)5/h8-14,16-17,26H,1,15H2,2-7H3/b24-16+/t26-/m0/s1. The zero-order valence-electron chi connectivity index (χ0n) is 22.5. The van der Waals surface area contributed by atoms with Crippen molar-refractivity contribution in [2.45, 2.75) is 39.2 Å². The van der Waals surface area contributed by atoms with Gasteiger partial charge in [0.1, 0.15) is 6.61 Å². The van der Waals surface area contributed by atoms with Gasteiger partial charge in [-0.25, -0.2) is 9.79 Å². The molecule has 0 bridgehead atoms. The van der Waals surface area contributed by atoms with Crippen molar-refractivity contribution in [3.63, 3.8) is 0 Å². The Bertz CT molecular complexity index is 1590. The van der Waals surface area contributed by atoms with Crippen molar-refractivity contribution in [3.05, 3.63) is 103 Å². The third-order valence-electron chi connectivity index (χ3n) is 6.37. The second-order valence-electron chi connectivity index (χ2n) is 9.96. The molecular formula is C30H32N2O5S. The first kappa shape index (κ1) is 27.1. The van der Waals surface area contributed by atoms with Crippen LogP contribution in [0.3, 0.4) is 0 Å². The third kappa shape index (κ3) is 5.22. The molecule has 0 saturated carbocycles. The molecule has 0 N–H and O–H groups in total. The number of thiazole rings is 1. The molecule has 8 heteroatoms. The predicted molar refractivity (Wildman–Crippen MR) is 150 cm³/mol. The second-order valence-corrected chi connectivity index (χ2v) is 11.0. The first-order chi connectivity index (χ1) is 18.1. The van der Waals surface area contributed by atoms with Gasteiger partial charge >= 0.3 is 5.97 Å². The lowest BCUT2D eigenvalue weighted by molar-refractivity contribution is -0.138. The van der Waals surface area contributed by atoms with E-state index in [2.05, 4.69) is 44.5 Å². The molecule has 198 valence electrons. The number of fused-ring (bicyclic) bond motifs is 1. The van der Waals surface area contributed by atoms with Crippen molar-refractivity contribution < 1.29 is 19.0 Å². The monoisotopic (exact) mass is 532 g/mol. The van der Waals surface area contributed by atoms with Crippen LogP contribution < -0.4 is 24.4 Å². The first-order valence-corrected chi connectivity index (χ1v) is 13.0. The normalized spacial score (nSPS) is 15.5. The van der Waals surface area contributed by atoms with Crippen molar-refractivity contribution >= 4 is 23.4 Å². The summed E-state index contributed by atoms with van der Waals surface area (Å²) < 4.78 is 18.4. The summed E-state index contributed by atoms with van der Waals surface area (Å²) in [6, 6.07) is 12.7. The summed E-state index contributed by atoms with van der Waals surface area (Å²) in [5.74, 6) is 0.469. The maximum atomic E-state index is 13.8. The van der Waals surface area contributed by atoms with Gasteiger partial charge in [0.15, 0.2) is 16.3 Å². The van der Waals surface area contributed by atoms with Crippen LogP contribution in [0.25, 0.3) is 6.08 Å². The lowest BCUT2D eigenvalue weighted by Gasteiger charge is -2.25. The van der Waals surface area contributed by atoms with Crippen LogP contribution in [0.5, 0.6) is 11.5 Å². The Morgan fingerprint density at radius 3 is 2.39 bits per heavy atom. The minimum Gasteiger partial charge on any atom is -0.493 e. The highest BCUT2D eigenvalue weighted by Gasteiger charge is 2.34. The van der Waals surface area contributed by atoms with Crippen molar-refractivity contribution in [2.24, 2.45) is 4.99 Å². The predicted octanol–water partition coefficient (Wildman–Crippen LogP) is 4.28. The fourth-order valence-electron chi connectivity index (χ4n) is 4.36. The van der Waals surface area contributed by atoms with Gasteiger partial charge in [0, 0.05) is 0 Å². The average molecular weight is 533 g/mol. The van der Waals surface area contributed by atoms with Crippen molar-refractivity contribution in [1.29, 1.82) is 0 Å². The molecule has 2 aromatic carbocycles. The van der Waals surface area contributed by atoms with Gasteiger partial charge in [-0.15, -0.1) is 0 Å². The maximum absolute atomic E-state index is 13.8. The molecule has 0 aliphatic carbocycles.